The molecule has 0 saturated heterocycles. The van der Waals surface area contributed by atoms with E-state index in [1.807, 2.05) is 13.8 Å². The van der Waals surface area contributed by atoms with Crippen LogP contribution >= 0.6 is 15.9 Å². The number of sulfonamides is 1. The molecule has 0 spiro atoms. The second-order valence-corrected chi connectivity index (χ2v) is 7.14. The van der Waals surface area contributed by atoms with E-state index in [4.69, 9.17) is 5.73 Å². The number of rotatable bonds is 5. The number of hydrogen-bond donors (Lipinski definition) is 2. The van der Waals surface area contributed by atoms with Crippen LogP contribution < -0.4 is 10.5 Å². The monoisotopic (exact) mass is 352 g/mol. The normalized spacial score (nSPS) is 15.2. The summed E-state index contributed by atoms with van der Waals surface area (Å²) in [5.74, 6) is -0.397. The van der Waals surface area contributed by atoms with Gasteiger partial charge in [0.15, 0.2) is 0 Å². The highest BCUT2D eigenvalue weighted by molar-refractivity contribution is 9.10. The largest absolute Gasteiger partial charge is 0.398 e. The SMILES string of the molecule is CCC(C)C(C)NS(=O)(=O)c1cc(Br)c(F)cc1N. The van der Waals surface area contributed by atoms with Crippen LogP contribution in [0.25, 0.3) is 0 Å². The number of benzene rings is 1. The summed E-state index contributed by atoms with van der Waals surface area (Å²) in [7, 11) is -3.76. The van der Waals surface area contributed by atoms with Gasteiger partial charge in [0.25, 0.3) is 0 Å². The van der Waals surface area contributed by atoms with Crippen molar-refractivity contribution in [2.45, 2.75) is 38.1 Å². The van der Waals surface area contributed by atoms with E-state index in [0.29, 0.717) is 0 Å². The molecule has 0 fully saturated rings. The first-order valence-corrected chi connectivity index (χ1v) is 8.23. The van der Waals surface area contributed by atoms with Crippen molar-refractivity contribution in [2.75, 3.05) is 5.73 Å². The zero-order valence-electron chi connectivity index (χ0n) is 11.1. The molecule has 108 valence electrons. The van der Waals surface area contributed by atoms with Crippen LogP contribution in [0.2, 0.25) is 0 Å². The molecule has 0 saturated carbocycles. The van der Waals surface area contributed by atoms with Crippen LogP contribution in [0, 0.1) is 11.7 Å². The van der Waals surface area contributed by atoms with Gasteiger partial charge >= 0.3 is 0 Å². The lowest BCUT2D eigenvalue weighted by atomic mass is 10.0. The summed E-state index contributed by atoms with van der Waals surface area (Å²) in [6, 6.07) is 1.95. The van der Waals surface area contributed by atoms with Gasteiger partial charge in [-0.25, -0.2) is 17.5 Å². The first kappa shape index (κ1) is 16.4. The van der Waals surface area contributed by atoms with Crippen LogP contribution in [0.1, 0.15) is 27.2 Å². The molecule has 2 unspecified atom stereocenters. The van der Waals surface area contributed by atoms with Gasteiger partial charge in [-0.3, -0.25) is 0 Å². The molecule has 4 nitrogen and oxygen atoms in total. The van der Waals surface area contributed by atoms with E-state index in [1.54, 1.807) is 6.92 Å². The molecular weight excluding hydrogens is 335 g/mol. The average Bonchev–Trinajstić information content (AvgIpc) is 2.31. The molecule has 0 amide bonds. The zero-order valence-corrected chi connectivity index (χ0v) is 13.5. The Bertz CT molecular complexity index is 563. The molecule has 0 heterocycles. The van der Waals surface area contributed by atoms with Gasteiger partial charge in [-0.05, 0) is 40.9 Å². The average molecular weight is 353 g/mol. The Hall–Kier alpha value is -0.660. The van der Waals surface area contributed by atoms with Crippen LogP contribution in [0.3, 0.4) is 0 Å². The lowest BCUT2D eigenvalue weighted by Crippen LogP contribution is -2.37. The Balaban J connectivity index is 3.11. The van der Waals surface area contributed by atoms with Gasteiger partial charge < -0.3 is 5.73 Å². The van der Waals surface area contributed by atoms with E-state index >= 15 is 0 Å². The van der Waals surface area contributed by atoms with E-state index in [1.165, 1.54) is 6.07 Å². The molecule has 0 aliphatic heterocycles. The lowest BCUT2D eigenvalue weighted by Gasteiger charge is -2.20. The van der Waals surface area contributed by atoms with E-state index in [0.717, 1.165) is 12.5 Å². The van der Waals surface area contributed by atoms with Gasteiger partial charge in [-0.1, -0.05) is 20.3 Å². The van der Waals surface area contributed by atoms with Crippen LogP contribution in [0.5, 0.6) is 0 Å². The van der Waals surface area contributed by atoms with Gasteiger partial charge in [0, 0.05) is 6.04 Å². The molecule has 1 aromatic rings. The molecule has 19 heavy (non-hydrogen) atoms. The highest BCUT2D eigenvalue weighted by Crippen LogP contribution is 2.26. The fourth-order valence-electron chi connectivity index (χ4n) is 1.55. The van der Waals surface area contributed by atoms with Gasteiger partial charge in [0.2, 0.25) is 10.0 Å². The fraction of sp³-hybridized carbons (Fsp3) is 0.500. The molecular formula is C12H18BrFN2O2S. The summed E-state index contributed by atoms with van der Waals surface area (Å²) < 4.78 is 40.3. The molecule has 2 atom stereocenters. The molecule has 0 aliphatic carbocycles. The number of halogens is 2. The molecule has 1 rings (SSSR count). The third-order valence-electron chi connectivity index (χ3n) is 3.18. The summed E-state index contributed by atoms with van der Waals surface area (Å²) in [4.78, 5) is -0.115. The first-order valence-electron chi connectivity index (χ1n) is 5.95. The second-order valence-electron chi connectivity index (χ2n) is 4.60. The maximum atomic E-state index is 13.3. The van der Waals surface area contributed by atoms with Gasteiger partial charge in [0.1, 0.15) is 10.7 Å². The Morgan fingerprint density at radius 1 is 1.42 bits per heavy atom. The molecule has 0 radical (unpaired) electrons. The van der Waals surface area contributed by atoms with Crippen molar-refractivity contribution in [3.05, 3.63) is 22.4 Å². The molecule has 0 bridgehead atoms. The topological polar surface area (TPSA) is 72.2 Å². The van der Waals surface area contributed by atoms with Crippen LogP contribution in [-0.2, 0) is 10.0 Å². The molecule has 3 N–H and O–H groups in total. The summed E-state index contributed by atoms with van der Waals surface area (Å²) >= 11 is 2.96. The number of hydrogen-bond acceptors (Lipinski definition) is 3. The molecule has 1 aromatic carbocycles. The van der Waals surface area contributed by atoms with Crippen molar-refractivity contribution in [3.8, 4) is 0 Å². The van der Waals surface area contributed by atoms with Crippen molar-refractivity contribution in [1.29, 1.82) is 0 Å². The zero-order chi connectivity index (χ0) is 14.8. The molecule has 7 heteroatoms. The third-order valence-corrected chi connectivity index (χ3v) is 5.40. The number of nitrogen functional groups attached to an aromatic ring is 1. The van der Waals surface area contributed by atoms with Crippen molar-refractivity contribution in [1.82, 2.24) is 4.72 Å². The molecule has 0 aromatic heterocycles. The van der Waals surface area contributed by atoms with Crippen molar-refractivity contribution in [3.63, 3.8) is 0 Å². The minimum absolute atomic E-state index is 0.0678. The van der Waals surface area contributed by atoms with Gasteiger partial charge in [0.05, 0.1) is 10.2 Å². The van der Waals surface area contributed by atoms with Crippen LogP contribution in [0.15, 0.2) is 21.5 Å². The Labute approximate surface area is 121 Å². The number of anilines is 1. The van der Waals surface area contributed by atoms with Gasteiger partial charge in [-0.2, -0.15) is 0 Å². The summed E-state index contributed by atoms with van der Waals surface area (Å²) in [5.41, 5.74) is 5.47. The van der Waals surface area contributed by atoms with Crippen LogP contribution in [0.4, 0.5) is 10.1 Å². The summed E-state index contributed by atoms with van der Waals surface area (Å²) in [6.45, 7) is 5.73. The predicted octanol–water partition coefficient (Wildman–Crippen LogP) is 2.88. The predicted molar refractivity (Wildman–Crippen MR) is 77.8 cm³/mol. The fourth-order valence-corrected chi connectivity index (χ4v) is 3.54. The van der Waals surface area contributed by atoms with E-state index in [9.17, 15) is 12.8 Å². The minimum Gasteiger partial charge on any atom is -0.398 e. The molecule has 0 aliphatic rings. The van der Waals surface area contributed by atoms with E-state index in [2.05, 4.69) is 20.7 Å². The smallest absolute Gasteiger partial charge is 0.242 e. The Morgan fingerprint density at radius 3 is 2.53 bits per heavy atom. The van der Waals surface area contributed by atoms with E-state index in [-0.39, 0.29) is 27.0 Å². The van der Waals surface area contributed by atoms with Crippen molar-refractivity contribution < 1.29 is 12.8 Å². The maximum Gasteiger partial charge on any atom is 0.242 e. The lowest BCUT2D eigenvalue weighted by molar-refractivity contribution is 0.434. The highest BCUT2D eigenvalue weighted by Gasteiger charge is 2.23. The highest BCUT2D eigenvalue weighted by atomic mass is 79.9. The number of nitrogens with one attached hydrogen (secondary N) is 1. The quantitative estimate of drug-likeness (QED) is 0.800. The van der Waals surface area contributed by atoms with Crippen LogP contribution in [-0.4, -0.2) is 14.5 Å². The Kier molecular flexibility index (Phi) is 5.34. The maximum absolute atomic E-state index is 13.3. The first-order chi connectivity index (χ1) is 8.69. The summed E-state index contributed by atoms with van der Waals surface area (Å²) in [5, 5.41) is 0. The second kappa shape index (κ2) is 6.19. The van der Waals surface area contributed by atoms with Crippen molar-refractivity contribution >= 4 is 31.6 Å². The minimum atomic E-state index is -3.76. The standard InChI is InChI=1S/C12H18BrFN2O2S/c1-4-7(2)8(3)16-19(17,18)12-5-9(13)10(14)6-11(12)15/h5-8,16H,4,15H2,1-3H3. The number of nitrogens with two attached hydrogens (primary N) is 1. The van der Waals surface area contributed by atoms with Gasteiger partial charge in [-0.15, -0.1) is 0 Å². The van der Waals surface area contributed by atoms with E-state index < -0.39 is 15.8 Å². The Morgan fingerprint density at radius 2 is 2.00 bits per heavy atom. The summed E-state index contributed by atoms with van der Waals surface area (Å²) in [6.07, 6.45) is 0.853. The van der Waals surface area contributed by atoms with Crippen molar-refractivity contribution in [2.24, 2.45) is 5.92 Å². The third kappa shape index (κ3) is 3.90.